The van der Waals surface area contributed by atoms with Crippen molar-refractivity contribution in [1.29, 1.82) is 0 Å². The number of nitrogens with one attached hydrogen (secondary N) is 2. The molecular weight excluding hydrogens is 328 g/mol. The highest BCUT2D eigenvalue weighted by Crippen LogP contribution is 2.15. The normalized spacial score (nSPS) is 11.0. The lowest BCUT2D eigenvalue weighted by molar-refractivity contribution is 0.0954. The van der Waals surface area contributed by atoms with E-state index in [2.05, 4.69) is 37.7 Å². The second-order valence-corrected chi connectivity index (χ2v) is 6.12. The Kier molecular flexibility index (Phi) is 4.18. The van der Waals surface area contributed by atoms with Crippen molar-refractivity contribution in [2.75, 3.05) is 6.54 Å². The standard InChI is InChI=1S/C19H18N6O/c1-25-12-21-18(24-25)14-4-6-15(7-5-14)19(26)20-9-8-13-2-3-16-11-22-23-17(16)10-13/h2-7,10-12H,8-9H2,1H3,(H,20,26)(H,22,23). The minimum Gasteiger partial charge on any atom is -0.352 e. The lowest BCUT2D eigenvalue weighted by Crippen LogP contribution is -2.25. The van der Waals surface area contributed by atoms with Gasteiger partial charge in [-0.15, -0.1) is 0 Å². The van der Waals surface area contributed by atoms with E-state index < -0.39 is 0 Å². The molecule has 0 atom stereocenters. The van der Waals surface area contributed by atoms with Crippen LogP contribution in [0.4, 0.5) is 0 Å². The average molecular weight is 346 g/mol. The summed E-state index contributed by atoms with van der Waals surface area (Å²) in [6.07, 6.45) is 4.21. The van der Waals surface area contributed by atoms with Crippen molar-refractivity contribution in [3.63, 3.8) is 0 Å². The van der Waals surface area contributed by atoms with Crippen LogP contribution in [0.3, 0.4) is 0 Å². The van der Waals surface area contributed by atoms with E-state index in [1.165, 1.54) is 0 Å². The van der Waals surface area contributed by atoms with Crippen LogP contribution < -0.4 is 5.32 Å². The van der Waals surface area contributed by atoms with Gasteiger partial charge in [0.1, 0.15) is 6.33 Å². The number of amides is 1. The summed E-state index contributed by atoms with van der Waals surface area (Å²) in [7, 11) is 1.82. The number of hydrogen-bond acceptors (Lipinski definition) is 4. The summed E-state index contributed by atoms with van der Waals surface area (Å²) in [6, 6.07) is 13.4. The zero-order chi connectivity index (χ0) is 17.9. The summed E-state index contributed by atoms with van der Waals surface area (Å²) in [5.41, 5.74) is 3.66. The van der Waals surface area contributed by atoms with Gasteiger partial charge < -0.3 is 5.32 Å². The molecule has 0 fully saturated rings. The lowest BCUT2D eigenvalue weighted by atomic mass is 10.1. The maximum Gasteiger partial charge on any atom is 0.251 e. The van der Waals surface area contributed by atoms with Crippen LogP contribution in [-0.2, 0) is 13.5 Å². The van der Waals surface area contributed by atoms with Crippen LogP contribution in [0.15, 0.2) is 55.0 Å². The van der Waals surface area contributed by atoms with E-state index in [0.717, 1.165) is 28.5 Å². The van der Waals surface area contributed by atoms with Gasteiger partial charge in [0.25, 0.3) is 5.91 Å². The Hall–Kier alpha value is -3.48. The van der Waals surface area contributed by atoms with Crippen molar-refractivity contribution >= 4 is 16.8 Å². The molecule has 1 amide bonds. The molecule has 0 saturated heterocycles. The molecule has 7 heteroatoms. The lowest BCUT2D eigenvalue weighted by Gasteiger charge is -2.06. The first kappa shape index (κ1) is 16.0. The number of carbonyl (C=O) groups is 1. The van der Waals surface area contributed by atoms with Gasteiger partial charge in [-0.05, 0) is 30.2 Å². The fraction of sp³-hybridized carbons (Fsp3) is 0.158. The van der Waals surface area contributed by atoms with Gasteiger partial charge in [-0.25, -0.2) is 4.98 Å². The predicted molar refractivity (Wildman–Crippen MR) is 98.6 cm³/mol. The highest BCUT2D eigenvalue weighted by molar-refractivity contribution is 5.94. The molecule has 0 bridgehead atoms. The Bertz CT molecular complexity index is 1050. The van der Waals surface area contributed by atoms with Gasteiger partial charge in [0, 0.05) is 30.1 Å². The fourth-order valence-electron chi connectivity index (χ4n) is 2.80. The van der Waals surface area contributed by atoms with Crippen LogP contribution in [0, 0.1) is 0 Å². The number of fused-ring (bicyclic) bond motifs is 1. The summed E-state index contributed by atoms with van der Waals surface area (Å²) in [5.74, 6) is 0.557. The van der Waals surface area contributed by atoms with Crippen molar-refractivity contribution in [2.24, 2.45) is 7.05 Å². The molecule has 2 aromatic heterocycles. The maximum absolute atomic E-state index is 12.3. The number of carbonyl (C=O) groups excluding carboxylic acids is 1. The predicted octanol–water partition coefficient (Wildman–Crippen LogP) is 2.33. The molecule has 4 aromatic rings. The van der Waals surface area contributed by atoms with Crippen molar-refractivity contribution in [2.45, 2.75) is 6.42 Å². The molecule has 0 aliphatic rings. The Labute approximate surface area is 150 Å². The van der Waals surface area contributed by atoms with Gasteiger partial charge in [0.2, 0.25) is 0 Å². The van der Waals surface area contributed by atoms with Crippen LogP contribution in [-0.4, -0.2) is 37.4 Å². The highest BCUT2D eigenvalue weighted by Gasteiger charge is 2.08. The monoisotopic (exact) mass is 346 g/mol. The van der Waals surface area contributed by atoms with E-state index in [1.54, 1.807) is 29.3 Å². The topological polar surface area (TPSA) is 88.5 Å². The van der Waals surface area contributed by atoms with E-state index >= 15 is 0 Å². The Morgan fingerprint density at radius 2 is 2.04 bits per heavy atom. The Morgan fingerprint density at radius 3 is 2.81 bits per heavy atom. The summed E-state index contributed by atoms with van der Waals surface area (Å²) >= 11 is 0. The van der Waals surface area contributed by atoms with E-state index in [9.17, 15) is 4.79 Å². The molecule has 7 nitrogen and oxygen atoms in total. The third-order valence-corrected chi connectivity index (χ3v) is 4.21. The highest BCUT2D eigenvalue weighted by atomic mass is 16.1. The van der Waals surface area contributed by atoms with Crippen molar-refractivity contribution < 1.29 is 4.79 Å². The minimum atomic E-state index is -0.0897. The van der Waals surface area contributed by atoms with Gasteiger partial charge in [-0.2, -0.15) is 10.2 Å². The molecule has 4 rings (SSSR count). The van der Waals surface area contributed by atoms with Crippen LogP contribution in [0.1, 0.15) is 15.9 Å². The molecule has 2 aromatic carbocycles. The molecule has 0 saturated carbocycles. The fourth-order valence-corrected chi connectivity index (χ4v) is 2.80. The number of rotatable bonds is 5. The molecule has 0 aliphatic carbocycles. The number of H-pyrrole nitrogens is 1. The second-order valence-electron chi connectivity index (χ2n) is 6.12. The maximum atomic E-state index is 12.3. The number of aryl methyl sites for hydroxylation is 1. The van der Waals surface area contributed by atoms with Crippen LogP contribution >= 0.6 is 0 Å². The molecule has 26 heavy (non-hydrogen) atoms. The van der Waals surface area contributed by atoms with Gasteiger partial charge in [0.15, 0.2) is 5.82 Å². The van der Waals surface area contributed by atoms with E-state index in [-0.39, 0.29) is 5.91 Å². The number of nitrogens with zero attached hydrogens (tertiary/aromatic N) is 4. The van der Waals surface area contributed by atoms with Gasteiger partial charge in [0.05, 0.1) is 11.7 Å². The SMILES string of the molecule is Cn1cnc(-c2ccc(C(=O)NCCc3ccc4cn[nH]c4c3)cc2)n1. The molecule has 2 N–H and O–H groups in total. The molecule has 0 aliphatic heterocycles. The van der Waals surface area contributed by atoms with E-state index in [1.807, 2.05) is 25.2 Å². The number of aromatic amines is 1. The average Bonchev–Trinajstić information content (AvgIpc) is 3.30. The molecular formula is C19H18N6O. The van der Waals surface area contributed by atoms with Gasteiger partial charge >= 0.3 is 0 Å². The largest absolute Gasteiger partial charge is 0.352 e. The zero-order valence-corrected chi connectivity index (χ0v) is 14.3. The number of benzene rings is 2. The van der Waals surface area contributed by atoms with Crippen molar-refractivity contribution in [1.82, 2.24) is 30.3 Å². The first-order valence-corrected chi connectivity index (χ1v) is 8.35. The third kappa shape index (κ3) is 3.32. The van der Waals surface area contributed by atoms with Crippen molar-refractivity contribution in [3.05, 3.63) is 66.1 Å². The zero-order valence-electron chi connectivity index (χ0n) is 14.3. The Morgan fingerprint density at radius 1 is 1.19 bits per heavy atom. The van der Waals surface area contributed by atoms with Gasteiger partial charge in [-0.1, -0.05) is 24.3 Å². The van der Waals surface area contributed by atoms with Gasteiger partial charge in [-0.3, -0.25) is 14.6 Å². The second kappa shape index (κ2) is 6.79. The molecule has 130 valence electrons. The summed E-state index contributed by atoms with van der Waals surface area (Å²) in [5, 5.41) is 15.3. The minimum absolute atomic E-state index is 0.0897. The number of aromatic nitrogens is 5. The van der Waals surface area contributed by atoms with Crippen molar-refractivity contribution in [3.8, 4) is 11.4 Å². The van der Waals surface area contributed by atoms with Crippen LogP contribution in [0.2, 0.25) is 0 Å². The number of hydrogen-bond donors (Lipinski definition) is 2. The van der Waals surface area contributed by atoms with Crippen LogP contribution in [0.25, 0.3) is 22.3 Å². The molecule has 0 unspecified atom stereocenters. The summed E-state index contributed by atoms with van der Waals surface area (Å²) in [6.45, 7) is 0.571. The Balaban J connectivity index is 1.35. The molecule has 2 heterocycles. The first-order valence-electron chi connectivity index (χ1n) is 8.35. The summed E-state index contributed by atoms with van der Waals surface area (Å²) < 4.78 is 1.65. The van der Waals surface area contributed by atoms with E-state index in [4.69, 9.17) is 0 Å². The quantitative estimate of drug-likeness (QED) is 0.580. The van der Waals surface area contributed by atoms with E-state index in [0.29, 0.717) is 17.9 Å². The molecule has 0 spiro atoms. The smallest absolute Gasteiger partial charge is 0.251 e. The molecule has 0 radical (unpaired) electrons. The third-order valence-electron chi connectivity index (χ3n) is 4.21. The summed E-state index contributed by atoms with van der Waals surface area (Å²) in [4.78, 5) is 16.5. The first-order chi connectivity index (χ1) is 12.7. The van der Waals surface area contributed by atoms with Crippen LogP contribution in [0.5, 0.6) is 0 Å².